The first-order valence-corrected chi connectivity index (χ1v) is 9.39. The van der Waals surface area contributed by atoms with Gasteiger partial charge in [-0.2, -0.15) is 0 Å². The van der Waals surface area contributed by atoms with Crippen molar-refractivity contribution < 1.29 is 24.1 Å². The third kappa shape index (κ3) is 4.25. The molecule has 0 saturated carbocycles. The molecule has 0 fully saturated rings. The maximum absolute atomic E-state index is 12.9. The van der Waals surface area contributed by atoms with Crippen LogP contribution in [-0.2, 0) is 4.79 Å². The van der Waals surface area contributed by atoms with Crippen molar-refractivity contribution in [2.24, 2.45) is 5.92 Å². The minimum Gasteiger partial charge on any atom is -0.271 e. The number of benzene rings is 1. The summed E-state index contributed by atoms with van der Waals surface area (Å²) in [6, 6.07) is 7.10. The Morgan fingerprint density at radius 3 is 2.45 bits per heavy atom. The summed E-state index contributed by atoms with van der Waals surface area (Å²) in [5.41, 5.74) is 3.46. The van der Waals surface area contributed by atoms with E-state index in [0.717, 1.165) is 6.07 Å². The molecular formula is C20H19N5O6. The highest BCUT2D eigenvalue weighted by Crippen LogP contribution is 2.33. The van der Waals surface area contributed by atoms with E-state index in [2.05, 4.69) is 15.8 Å². The van der Waals surface area contributed by atoms with Gasteiger partial charge in [0.25, 0.3) is 29.3 Å². The Kier molecular flexibility index (Phi) is 6.05. The lowest BCUT2D eigenvalue weighted by molar-refractivity contribution is -0.385. The van der Waals surface area contributed by atoms with E-state index in [1.165, 1.54) is 24.4 Å². The highest BCUT2D eigenvalue weighted by Gasteiger charge is 2.46. The summed E-state index contributed by atoms with van der Waals surface area (Å²) in [5, 5.41) is 11.3. The van der Waals surface area contributed by atoms with Gasteiger partial charge in [-0.1, -0.05) is 26.0 Å². The van der Waals surface area contributed by atoms with Gasteiger partial charge in [0.15, 0.2) is 0 Å². The molecule has 1 aromatic heterocycles. The van der Waals surface area contributed by atoms with Crippen molar-refractivity contribution in [1.82, 2.24) is 20.7 Å². The van der Waals surface area contributed by atoms with Gasteiger partial charge in [0.1, 0.15) is 17.3 Å². The van der Waals surface area contributed by atoms with E-state index in [1.807, 2.05) is 0 Å². The number of carbonyl (C=O) groups is 4. The number of nitrogens with one attached hydrogen (secondary N) is 2. The summed E-state index contributed by atoms with van der Waals surface area (Å²) in [4.78, 5) is 65.9. The van der Waals surface area contributed by atoms with E-state index >= 15 is 0 Å². The predicted molar refractivity (Wildman–Crippen MR) is 107 cm³/mol. The lowest BCUT2D eigenvalue weighted by Crippen LogP contribution is -2.54. The third-order valence-electron chi connectivity index (χ3n) is 4.63. The SMILES string of the molecule is CC(C)C[C@@H](C(=O)NNC(=O)c1ccccn1)N1C(=O)c2cccc([N+](=O)[O-])c2C1=O. The Labute approximate surface area is 176 Å². The summed E-state index contributed by atoms with van der Waals surface area (Å²) in [6.45, 7) is 3.57. The number of nitrogens with zero attached hydrogens (tertiary/aromatic N) is 3. The monoisotopic (exact) mass is 425 g/mol. The van der Waals surface area contributed by atoms with E-state index in [4.69, 9.17) is 0 Å². The molecule has 0 saturated heterocycles. The molecule has 160 valence electrons. The van der Waals surface area contributed by atoms with E-state index in [-0.39, 0.29) is 29.2 Å². The highest BCUT2D eigenvalue weighted by atomic mass is 16.6. The van der Waals surface area contributed by atoms with Crippen LogP contribution in [0.4, 0.5) is 5.69 Å². The summed E-state index contributed by atoms with van der Waals surface area (Å²) < 4.78 is 0. The largest absolute Gasteiger partial charge is 0.288 e. The maximum atomic E-state index is 12.9. The number of hydrogen-bond acceptors (Lipinski definition) is 7. The van der Waals surface area contributed by atoms with Crippen LogP contribution in [0.5, 0.6) is 0 Å². The van der Waals surface area contributed by atoms with Crippen LogP contribution >= 0.6 is 0 Å². The molecule has 3 rings (SSSR count). The molecule has 1 aliphatic rings. The first kappa shape index (κ1) is 21.6. The molecule has 31 heavy (non-hydrogen) atoms. The second-order valence-corrected chi connectivity index (χ2v) is 7.24. The molecule has 0 bridgehead atoms. The van der Waals surface area contributed by atoms with Gasteiger partial charge >= 0.3 is 0 Å². The van der Waals surface area contributed by atoms with Crippen molar-refractivity contribution in [3.05, 3.63) is 69.5 Å². The fourth-order valence-electron chi connectivity index (χ4n) is 3.26. The highest BCUT2D eigenvalue weighted by molar-refractivity contribution is 6.24. The average Bonchev–Trinajstić information content (AvgIpc) is 3.00. The smallest absolute Gasteiger partial charge is 0.271 e. The van der Waals surface area contributed by atoms with Crippen molar-refractivity contribution in [1.29, 1.82) is 0 Å². The van der Waals surface area contributed by atoms with Crippen LogP contribution in [0.15, 0.2) is 42.6 Å². The van der Waals surface area contributed by atoms with E-state index < -0.39 is 40.3 Å². The molecule has 11 heteroatoms. The Morgan fingerprint density at radius 2 is 1.84 bits per heavy atom. The lowest BCUT2D eigenvalue weighted by atomic mass is 10.0. The molecule has 2 heterocycles. The molecule has 1 aromatic carbocycles. The van der Waals surface area contributed by atoms with Crippen LogP contribution in [0.2, 0.25) is 0 Å². The number of nitro groups is 1. The fourth-order valence-corrected chi connectivity index (χ4v) is 3.26. The maximum Gasteiger partial charge on any atom is 0.288 e. The van der Waals surface area contributed by atoms with Crippen molar-refractivity contribution in [2.45, 2.75) is 26.3 Å². The van der Waals surface area contributed by atoms with Gasteiger partial charge in [0, 0.05) is 12.3 Å². The van der Waals surface area contributed by atoms with Crippen LogP contribution in [-0.4, -0.2) is 44.5 Å². The number of amides is 4. The standard InChI is InChI=1S/C20H19N5O6/c1-11(2)10-15(18(27)23-22-17(26)13-7-3-4-9-21-13)24-19(28)12-6-5-8-14(25(30)31)16(12)20(24)29/h3-9,11,15H,10H2,1-2H3,(H,22,26)(H,23,27)/t15-/m0/s1. The number of nitro benzene ring substituents is 1. The zero-order valence-electron chi connectivity index (χ0n) is 16.7. The zero-order valence-corrected chi connectivity index (χ0v) is 16.7. The van der Waals surface area contributed by atoms with Gasteiger partial charge in [-0.05, 0) is 30.5 Å². The van der Waals surface area contributed by atoms with Gasteiger partial charge < -0.3 is 0 Å². The van der Waals surface area contributed by atoms with Gasteiger partial charge in [0.05, 0.1) is 10.5 Å². The van der Waals surface area contributed by atoms with Gasteiger partial charge in [-0.15, -0.1) is 0 Å². The molecule has 2 N–H and O–H groups in total. The van der Waals surface area contributed by atoms with Crippen molar-refractivity contribution in [3.63, 3.8) is 0 Å². The Bertz CT molecular complexity index is 1070. The Balaban J connectivity index is 1.85. The minimum atomic E-state index is -1.28. The number of imide groups is 1. The van der Waals surface area contributed by atoms with Gasteiger partial charge in [0.2, 0.25) is 0 Å². The molecule has 0 spiro atoms. The summed E-state index contributed by atoms with van der Waals surface area (Å²) in [6.07, 6.45) is 1.49. The Hall–Kier alpha value is -4.15. The molecule has 11 nitrogen and oxygen atoms in total. The van der Waals surface area contributed by atoms with Crippen molar-refractivity contribution in [2.75, 3.05) is 0 Å². The number of rotatable bonds is 6. The quantitative estimate of drug-likeness (QED) is 0.404. The minimum absolute atomic E-state index is 0.0552. The topological polar surface area (TPSA) is 152 Å². The number of carbonyl (C=O) groups excluding carboxylic acids is 4. The summed E-state index contributed by atoms with van der Waals surface area (Å²) >= 11 is 0. The third-order valence-corrected chi connectivity index (χ3v) is 4.63. The normalized spacial score (nSPS) is 13.7. The van der Waals surface area contributed by atoms with E-state index in [0.29, 0.717) is 4.90 Å². The molecule has 0 aliphatic carbocycles. The molecule has 2 aromatic rings. The predicted octanol–water partition coefficient (Wildman–Crippen LogP) is 1.46. The fraction of sp³-hybridized carbons (Fsp3) is 0.250. The molecule has 0 radical (unpaired) electrons. The second-order valence-electron chi connectivity index (χ2n) is 7.24. The lowest BCUT2D eigenvalue weighted by Gasteiger charge is -2.26. The van der Waals surface area contributed by atoms with E-state index in [1.54, 1.807) is 26.0 Å². The summed E-state index contributed by atoms with van der Waals surface area (Å²) in [7, 11) is 0. The number of aromatic nitrogens is 1. The average molecular weight is 425 g/mol. The van der Waals surface area contributed by atoms with Crippen LogP contribution in [0.1, 0.15) is 51.5 Å². The second kappa shape index (κ2) is 8.69. The molecular weight excluding hydrogens is 406 g/mol. The molecule has 0 unspecified atom stereocenters. The molecule has 1 aliphatic heterocycles. The van der Waals surface area contributed by atoms with Crippen molar-refractivity contribution in [3.8, 4) is 0 Å². The number of hydrogen-bond donors (Lipinski definition) is 2. The number of fused-ring (bicyclic) bond motifs is 1. The first-order valence-electron chi connectivity index (χ1n) is 9.39. The van der Waals surface area contributed by atoms with Crippen molar-refractivity contribution >= 4 is 29.3 Å². The zero-order chi connectivity index (χ0) is 22.7. The van der Waals surface area contributed by atoms with Gasteiger partial charge in [-0.3, -0.25) is 50.0 Å². The van der Waals surface area contributed by atoms with Crippen LogP contribution in [0.3, 0.4) is 0 Å². The number of pyridine rings is 1. The van der Waals surface area contributed by atoms with Gasteiger partial charge in [-0.25, -0.2) is 0 Å². The number of hydrazine groups is 1. The van der Waals surface area contributed by atoms with Crippen LogP contribution in [0, 0.1) is 16.0 Å². The van der Waals surface area contributed by atoms with Crippen LogP contribution < -0.4 is 10.9 Å². The van der Waals surface area contributed by atoms with E-state index in [9.17, 15) is 29.3 Å². The first-order chi connectivity index (χ1) is 14.7. The summed E-state index contributed by atoms with van der Waals surface area (Å²) in [5.74, 6) is -3.34. The molecule has 1 atom stereocenters. The van der Waals surface area contributed by atoms with Crippen LogP contribution in [0.25, 0.3) is 0 Å². The Morgan fingerprint density at radius 1 is 1.10 bits per heavy atom. The molecule has 4 amide bonds.